The van der Waals surface area contributed by atoms with Gasteiger partial charge in [-0.2, -0.15) is 8.78 Å². The summed E-state index contributed by atoms with van der Waals surface area (Å²) in [5, 5.41) is 0.00967. The average Bonchev–Trinajstić information content (AvgIpc) is 2.86. The summed E-state index contributed by atoms with van der Waals surface area (Å²) in [7, 11) is 1.87. The molecule has 2 aromatic rings. The molecule has 0 aliphatic carbocycles. The number of esters is 1. The van der Waals surface area contributed by atoms with Crippen molar-refractivity contribution in [3.05, 3.63) is 40.0 Å². The number of alkyl halides is 2. The van der Waals surface area contributed by atoms with Crippen molar-refractivity contribution < 1.29 is 23.1 Å². The molecule has 0 aromatic carbocycles. The SMILES string of the molecule is Cc1nc(SC(F)F)nc(C)c1CCC(=O)OCC(=O)c1cc(C)n(C)c1C. The van der Waals surface area contributed by atoms with Gasteiger partial charge >= 0.3 is 5.97 Å². The molecule has 0 radical (unpaired) electrons. The molecule has 0 aliphatic rings. The Labute approximate surface area is 166 Å². The van der Waals surface area contributed by atoms with E-state index in [1.165, 1.54) is 0 Å². The Balaban J connectivity index is 1.92. The van der Waals surface area contributed by atoms with Crippen LogP contribution in [0.5, 0.6) is 0 Å². The highest BCUT2D eigenvalue weighted by molar-refractivity contribution is 7.99. The molecule has 152 valence electrons. The van der Waals surface area contributed by atoms with Gasteiger partial charge in [0.2, 0.25) is 5.78 Å². The monoisotopic (exact) mass is 411 g/mol. The second-order valence-corrected chi connectivity index (χ2v) is 7.42. The highest BCUT2D eigenvalue weighted by Gasteiger charge is 2.17. The molecule has 0 atom stereocenters. The molecule has 2 heterocycles. The van der Waals surface area contributed by atoms with Crippen molar-refractivity contribution in [2.75, 3.05) is 6.61 Å². The number of aromatic nitrogens is 3. The highest BCUT2D eigenvalue weighted by atomic mass is 32.2. The maximum absolute atomic E-state index is 12.5. The number of aryl methyl sites for hydroxylation is 3. The van der Waals surface area contributed by atoms with Crippen LogP contribution in [0.3, 0.4) is 0 Å². The molecule has 9 heteroatoms. The summed E-state index contributed by atoms with van der Waals surface area (Å²) in [5.41, 5.74) is 4.14. The first-order chi connectivity index (χ1) is 13.1. The molecule has 2 aromatic heterocycles. The van der Waals surface area contributed by atoms with E-state index in [-0.39, 0.29) is 35.7 Å². The zero-order chi connectivity index (χ0) is 21.0. The standard InChI is InChI=1S/C19H23F2N3O3S/c1-10-8-15(13(4)24(10)5)16(25)9-27-17(26)7-6-14-11(2)22-19(23-12(14)3)28-18(20)21/h8,18H,6-7,9H2,1-5H3. The third-order valence-electron chi connectivity index (χ3n) is 4.61. The molecule has 28 heavy (non-hydrogen) atoms. The minimum atomic E-state index is -2.59. The van der Waals surface area contributed by atoms with Crippen LogP contribution in [0.25, 0.3) is 0 Å². The van der Waals surface area contributed by atoms with Gasteiger partial charge in [0.05, 0.1) is 0 Å². The lowest BCUT2D eigenvalue weighted by Gasteiger charge is -2.10. The summed E-state index contributed by atoms with van der Waals surface area (Å²) >= 11 is 0.286. The number of nitrogens with zero attached hydrogens (tertiary/aromatic N) is 3. The second kappa shape index (κ2) is 9.27. The maximum Gasteiger partial charge on any atom is 0.306 e. The fourth-order valence-electron chi connectivity index (χ4n) is 2.86. The second-order valence-electron chi connectivity index (χ2n) is 6.46. The number of rotatable bonds is 8. The molecule has 0 N–H and O–H groups in total. The number of thioether (sulfide) groups is 1. The fraction of sp³-hybridized carbons (Fsp3) is 0.474. The Hall–Kier alpha value is -2.29. The van der Waals surface area contributed by atoms with Crippen molar-refractivity contribution in [3.63, 3.8) is 0 Å². The van der Waals surface area contributed by atoms with E-state index in [0.717, 1.165) is 17.0 Å². The average molecular weight is 411 g/mol. The van der Waals surface area contributed by atoms with Crippen molar-refractivity contribution in [1.29, 1.82) is 0 Å². The number of carbonyl (C=O) groups is 2. The maximum atomic E-state index is 12.5. The van der Waals surface area contributed by atoms with Gasteiger partial charge in [0.15, 0.2) is 11.8 Å². The molecule has 0 saturated heterocycles. The van der Waals surface area contributed by atoms with Crippen LogP contribution in [0.2, 0.25) is 0 Å². The topological polar surface area (TPSA) is 74.1 Å². The largest absolute Gasteiger partial charge is 0.457 e. The number of ketones is 1. The van der Waals surface area contributed by atoms with Gasteiger partial charge < -0.3 is 9.30 Å². The molecule has 0 saturated carbocycles. The van der Waals surface area contributed by atoms with Crippen molar-refractivity contribution in [2.24, 2.45) is 7.05 Å². The van der Waals surface area contributed by atoms with Crippen LogP contribution in [0, 0.1) is 27.7 Å². The summed E-state index contributed by atoms with van der Waals surface area (Å²) in [6, 6.07) is 1.77. The predicted octanol–water partition coefficient (Wildman–Crippen LogP) is 3.72. The lowest BCUT2D eigenvalue weighted by molar-refractivity contribution is -0.142. The fourth-order valence-corrected chi connectivity index (χ4v) is 3.40. The van der Waals surface area contributed by atoms with Gasteiger partial charge in [0.1, 0.15) is 0 Å². The lowest BCUT2D eigenvalue weighted by atomic mass is 10.1. The molecular formula is C19H23F2N3O3S. The molecule has 2 rings (SSSR count). The Morgan fingerprint density at radius 2 is 1.79 bits per heavy atom. The van der Waals surface area contributed by atoms with Gasteiger partial charge in [-0.3, -0.25) is 9.59 Å². The summed E-state index contributed by atoms with van der Waals surface area (Å²) < 4.78 is 31.9. The van der Waals surface area contributed by atoms with E-state index in [1.54, 1.807) is 19.9 Å². The zero-order valence-electron chi connectivity index (χ0n) is 16.5. The smallest absolute Gasteiger partial charge is 0.306 e. The Kier molecular flexibility index (Phi) is 7.29. The van der Waals surface area contributed by atoms with E-state index in [0.29, 0.717) is 23.4 Å². The third kappa shape index (κ3) is 5.37. The molecule has 6 nitrogen and oxygen atoms in total. The molecule has 0 spiro atoms. The molecule has 0 aliphatic heterocycles. The van der Waals surface area contributed by atoms with Crippen molar-refractivity contribution in [1.82, 2.24) is 14.5 Å². The summed E-state index contributed by atoms with van der Waals surface area (Å²) in [6.07, 6.45) is 0.361. The number of hydrogen-bond acceptors (Lipinski definition) is 6. The minimum absolute atomic E-state index is 0.00967. The number of halogens is 2. The molecule has 0 amide bonds. The van der Waals surface area contributed by atoms with Gasteiger partial charge in [-0.15, -0.1) is 0 Å². The molecular weight excluding hydrogens is 388 g/mol. The van der Waals surface area contributed by atoms with E-state index in [4.69, 9.17) is 4.74 Å². The van der Waals surface area contributed by atoms with Crippen LogP contribution in [-0.4, -0.2) is 38.7 Å². The van der Waals surface area contributed by atoms with Gasteiger partial charge in [-0.25, -0.2) is 9.97 Å². The minimum Gasteiger partial charge on any atom is -0.457 e. The van der Waals surface area contributed by atoms with Crippen LogP contribution < -0.4 is 0 Å². The highest BCUT2D eigenvalue weighted by Crippen LogP contribution is 2.24. The van der Waals surface area contributed by atoms with E-state index in [1.807, 2.05) is 25.5 Å². The first-order valence-corrected chi connectivity index (χ1v) is 9.58. The first kappa shape index (κ1) is 22.0. The number of carbonyl (C=O) groups excluding carboxylic acids is 2. The van der Waals surface area contributed by atoms with E-state index in [9.17, 15) is 18.4 Å². The van der Waals surface area contributed by atoms with E-state index in [2.05, 4.69) is 9.97 Å². The molecule has 0 bridgehead atoms. The van der Waals surface area contributed by atoms with Gasteiger partial charge in [-0.1, -0.05) is 0 Å². The van der Waals surface area contributed by atoms with Gasteiger partial charge in [0, 0.05) is 41.8 Å². The Morgan fingerprint density at radius 1 is 1.18 bits per heavy atom. The lowest BCUT2D eigenvalue weighted by Crippen LogP contribution is -2.15. The summed E-state index contributed by atoms with van der Waals surface area (Å²) in [5.74, 6) is -3.35. The van der Waals surface area contributed by atoms with E-state index >= 15 is 0 Å². The summed E-state index contributed by atoms with van der Waals surface area (Å²) in [4.78, 5) is 32.4. The van der Waals surface area contributed by atoms with Crippen LogP contribution in [-0.2, 0) is 23.0 Å². The predicted molar refractivity (Wildman–Crippen MR) is 102 cm³/mol. The number of hydrogen-bond donors (Lipinski definition) is 0. The van der Waals surface area contributed by atoms with Crippen LogP contribution in [0.1, 0.15) is 45.1 Å². The van der Waals surface area contributed by atoms with Crippen molar-refractivity contribution in [3.8, 4) is 0 Å². The van der Waals surface area contributed by atoms with Crippen LogP contribution in [0.4, 0.5) is 8.78 Å². The van der Waals surface area contributed by atoms with Gasteiger partial charge in [0.25, 0.3) is 5.76 Å². The number of ether oxygens (including phenoxy) is 1. The third-order valence-corrected chi connectivity index (χ3v) is 5.19. The quantitative estimate of drug-likeness (QED) is 0.285. The Morgan fingerprint density at radius 3 is 2.29 bits per heavy atom. The van der Waals surface area contributed by atoms with Crippen LogP contribution in [0.15, 0.2) is 11.2 Å². The normalized spacial score (nSPS) is 11.1. The molecule has 0 fully saturated rings. The van der Waals surface area contributed by atoms with E-state index < -0.39 is 11.7 Å². The van der Waals surface area contributed by atoms with Crippen molar-refractivity contribution in [2.45, 2.75) is 51.5 Å². The van der Waals surface area contributed by atoms with Crippen LogP contribution >= 0.6 is 11.8 Å². The first-order valence-electron chi connectivity index (χ1n) is 8.70. The molecule has 0 unspecified atom stereocenters. The number of Topliss-reactive ketones (excluding diaryl/α,β-unsaturated/α-hetero) is 1. The van der Waals surface area contributed by atoms with Gasteiger partial charge in [-0.05, 0) is 57.5 Å². The zero-order valence-corrected chi connectivity index (χ0v) is 17.3. The Bertz CT molecular complexity index is 874. The summed E-state index contributed by atoms with van der Waals surface area (Å²) in [6.45, 7) is 6.79. The van der Waals surface area contributed by atoms with Crippen molar-refractivity contribution >= 4 is 23.5 Å².